The van der Waals surface area contributed by atoms with E-state index in [0.717, 1.165) is 6.92 Å². The summed E-state index contributed by atoms with van der Waals surface area (Å²) in [5.41, 5.74) is -3.14. The summed E-state index contributed by atoms with van der Waals surface area (Å²) < 4.78 is 62.4. The number of hydrogen-bond acceptors (Lipinski definition) is 2. The summed E-state index contributed by atoms with van der Waals surface area (Å²) >= 11 is 0. The zero-order chi connectivity index (χ0) is 14.1. The van der Waals surface area contributed by atoms with Crippen molar-refractivity contribution in [3.8, 4) is 0 Å². The van der Waals surface area contributed by atoms with Crippen LogP contribution >= 0.6 is 0 Å². The van der Waals surface area contributed by atoms with E-state index in [4.69, 9.17) is 5.11 Å². The zero-order valence-electron chi connectivity index (χ0n) is 9.05. The summed E-state index contributed by atoms with van der Waals surface area (Å²) in [4.78, 5) is 13.6. The van der Waals surface area contributed by atoms with Crippen LogP contribution < -0.4 is 0 Å². The summed E-state index contributed by atoms with van der Waals surface area (Å²) in [7, 11) is 0. The first kappa shape index (κ1) is 14.3. The van der Waals surface area contributed by atoms with Gasteiger partial charge >= 0.3 is 12.1 Å². The topological polar surface area (TPSA) is 50.2 Å². The van der Waals surface area contributed by atoms with Crippen LogP contribution in [0.4, 0.5) is 22.0 Å². The third kappa shape index (κ3) is 3.14. The molecule has 0 saturated heterocycles. The highest BCUT2D eigenvalue weighted by molar-refractivity contribution is 5.71. The van der Waals surface area contributed by atoms with Gasteiger partial charge in [0.2, 0.25) is 0 Å². The molecular weight excluding hydrogens is 261 g/mol. The van der Waals surface area contributed by atoms with Crippen molar-refractivity contribution in [2.24, 2.45) is 0 Å². The predicted molar refractivity (Wildman–Crippen MR) is 50.3 cm³/mol. The molecule has 1 N–H and O–H groups in total. The summed E-state index contributed by atoms with van der Waals surface area (Å²) in [5.74, 6) is -1.42. The highest BCUT2D eigenvalue weighted by Gasteiger charge is 2.35. The third-order valence-corrected chi connectivity index (χ3v) is 2.22. The van der Waals surface area contributed by atoms with Crippen LogP contribution in [0.2, 0.25) is 0 Å². The molecule has 0 fully saturated rings. The lowest BCUT2D eigenvalue weighted by atomic mass is 10.0. The number of halogens is 5. The highest BCUT2D eigenvalue weighted by atomic mass is 19.4. The van der Waals surface area contributed by atoms with Gasteiger partial charge in [0.15, 0.2) is 0 Å². The summed E-state index contributed by atoms with van der Waals surface area (Å²) in [6.07, 6.45) is -8.84. The van der Waals surface area contributed by atoms with Crippen molar-refractivity contribution in [2.75, 3.05) is 0 Å². The Balaban J connectivity index is 3.40. The standard InChI is InChI=1S/C10H8F5NO2/c1-4-5(3-8(17)18)6(9(11)12)2-7(16-4)10(13,14)15/h2,9H,3H2,1H3,(H,17,18). The number of hydrogen-bond donors (Lipinski definition) is 1. The van der Waals surface area contributed by atoms with Crippen molar-refractivity contribution in [3.05, 3.63) is 28.6 Å². The Morgan fingerprint density at radius 3 is 2.39 bits per heavy atom. The van der Waals surface area contributed by atoms with Crippen LogP contribution in [-0.2, 0) is 17.4 Å². The van der Waals surface area contributed by atoms with E-state index in [2.05, 4.69) is 4.98 Å². The maximum atomic E-state index is 12.6. The molecule has 0 aliphatic carbocycles. The number of aryl methyl sites for hydroxylation is 1. The molecule has 8 heteroatoms. The molecule has 0 radical (unpaired) electrons. The number of carbonyl (C=O) groups is 1. The SMILES string of the molecule is Cc1nc(C(F)(F)F)cc(C(F)F)c1CC(=O)O. The van der Waals surface area contributed by atoms with Crippen LogP contribution in [0.15, 0.2) is 6.07 Å². The number of carboxylic acid groups (broad SMARTS) is 1. The second-order valence-electron chi connectivity index (χ2n) is 3.53. The van der Waals surface area contributed by atoms with E-state index in [-0.39, 0.29) is 17.3 Å². The number of nitrogens with zero attached hydrogens (tertiary/aromatic N) is 1. The van der Waals surface area contributed by atoms with Crippen LogP contribution in [-0.4, -0.2) is 16.1 Å². The highest BCUT2D eigenvalue weighted by Crippen LogP contribution is 2.33. The Morgan fingerprint density at radius 2 is 2.00 bits per heavy atom. The molecule has 0 atom stereocenters. The molecular formula is C10H8F5NO2. The summed E-state index contributed by atoms with van der Waals surface area (Å²) in [6, 6.07) is 0.190. The minimum atomic E-state index is -4.85. The molecule has 3 nitrogen and oxygen atoms in total. The fraction of sp³-hybridized carbons (Fsp3) is 0.400. The molecule has 0 amide bonds. The molecule has 1 rings (SSSR count). The molecule has 0 spiro atoms. The van der Waals surface area contributed by atoms with Gasteiger partial charge in [0.1, 0.15) is 5.69 Å². The van der Waals surface area contributed by atoms with Gasteiger partial charge in [0.05, 0.1) is 6.42 Å². The third-order valence-electron chi connectivity index (χ3n) is 2.22. The Morgan fingerprint density at radius 1 is 1.44 bits per heavy atom. The van der Waals surface area contributed by atoms with E-state index in [1.54, 1.807) is 0 Å². The van der Waals surface area contributed by atoms with E-state index in [0.29, 0.717) is 0 Å². The van der Waals surface area contributed by atoms with Gasteiger partial charge in [-0.15, -0.1) is 0 Å². The van der Waals surface area contributed by atoms with Gasteiger partial charge in [0, 0.05) is 11.3 Å². The normalized spacial score (nSPS) is 11.9. The molecule has 0 aliphatic heterocycles. The number of alkyl halides is 5. The molecule has 100 valence electrons. The van der Waals surface area contributed by atoms with Crippen LogP contribution in [0.5, 0.6) is 0 Å². The van der Waals surface area contributed by atoms with Crippen LogP contribution in [0.1, 0.15) is 28.9 Å². The Kier molecular flexibility index (Phi) is 3.88. The smallest absolute Gasteiger partial charge is 0.433 e. The molecule has 0 saturated carbocycles. The summed E-state index contributed by atoms with van der Waals surface area (Å²) in [5, 5.41) is 8.53. The second kappa shape index (κ2) is 4.87. The van der Waals surface area contributed by atoms with Gasteiger partial charge in [-0.3, -0.25) is 4.79 Å². The minimum Gasteiger partial charge on any atom is -0.481 e. The lowest BCUT2D eigenvalue weighted by Crippen LogP contribution is -2.14. The van der Waals surface area contributed by atoms with E-state index in [9.17, 15) is 26.7 Å². The van der Waals surface area contributed by atoms with Gasteiger partial charge < -0.3 is 5.11 Å². The first-order valence-corrected chi connectivity index (χ1v) is 4.70. The Labute approximate surface area is 98.3 Å². The van der Waals surface area contributed by atoms with Gasteiger partial charge in [-0.25, -0.2) is 13.8 Å². The molecule has 0 aliphatic rings. The first-order valence-electron chi connectivity index (χ1n) is 4.70. The minimum absolute atomic E-state index is 0.190. The quantitative estimate of drug-likeness (QED) is 0.858. The number of aliphatic carboxylic acids is 1. The van der Waals surface area contributed by atoms with Crippen LogP contribution in [0.3, 0.4) is 0 Å². The van der Waals surface area contributed by atoms with Crippen molar-refractivity contribution in [1.29, 1.82) is 0 Å². The molecule has 1 aromatic rings. The largest absolute Gasteiger partial charge is 0.481 e. The lowest BCUT2D eigenvalue weighted by Gasteiger charge is -2.14. The molecule has 1 aromatic heterocycles. The fourth-order valence-corrected chi connectivity index (χ4v) is 1.44. The Hall–Kier alpha value is -1.73. The molecule has 0 aromatic carbocycles. The number of pyridine rings is 1. The van der Waals surface area contributed by atoms with E-state index >= 15 is 0 Å². The molecule has 1 heterocycles. The van der Waals surface area contributed by atoms with Crippen molar-refractivity contribution in [1.82, 2.24) is 4.98 Å². The van der Waals surface area contributed by atoms with Crippen molar-refractivity contribution in [3.63, 3.8) is 0 Å². The van der Waals surface area contributed by atoms with E-state index in [1.807, 2.05) is 0 Å². The number of carboxylic acids is 1. The van der Waals surface area contributed by atoms with Gasteiger partial charge in [0.25, 0.3) is 6.43 Å². The monoisotopic (exact) mass is 269 g/mol. The molecule has 0 unspecified atom stereocenters. The van der Waals surface area contributed by atoms with Crippen LogP contribution in [0.25, 0.3) is 0 Å². The summed E-state index contributed by atoms with van der Waals surface area (Å²) in [6.45, 7) is 1.07. The van der Waals surface area contributed by atoms with Gasteiger partial charge in [-0.1, -0.05) is 0 Å². The predicted octanol–water partition coefficient (Wildman–Crippen LogP) is 2.97. The van der Waals surface area contributed by atoms with Crippen LogP contribution in [0, 0.1) is 6.92 Å². The maximum absolute atomic E-state index is 12.6. The first-order chi connectivity index (χ1) is 8.12. The van der Waals surface area contributed by atoms with E-state index < -0.39 is 36.2 Å². The van der Waals surface area contributed by atoms with Gasteiger partial charge in [-0.05, 0) is 18.6 Å². The van der Waals surface area contributed by atoms with Gasteiger partial charge in [-0.2, -0.15) is 13.2 Å². The van der Waals surface area contributed by atoms with Crippen molar-refractivity contribution < 1.29 is 31.9 Å². The van der Waals surface area contributed by atoms with Crippen molar-refractivity contribution >= 4 is 5.97 Å². The number of rotatable bonds is 3. The van der Waals surface area contributed by atoms with Crippen molar-refractivity contribution in [2.45, 2.75) is 25.9 Å². The molecule has 18 heavy (non-hydrogen) atoms. The molecule has 0 bridgehead atoms. The average molecular weight is 269 g/mol. The zero-order valence-corrected chi connectivity index (χ0v) is 9.05. The lowest BCUT2D eigenvalue weighted by molar-refractivity contribution is -0.141. The number of aromatic nitrogens is 1. The van der Waals surface area contributed by atoms with E-state index in [1.165, 1.54) is 0 Å². The fourth-order valence-electron chi connectivity index (χ4n) is 1.44. The average Bonchev–Trinajstić information content (AvgIpc) is 2.17. The Bertz CT molecular complexity index is 470. The maximum Gasteiger partial charge on any atom is 0.433 e. The second-order valence-corrected chi connectivity index (χ2v) is 3.53.